The molecule has 9 heteroatoms. The first-order valence-electron chi connectivity index (χ1n) is 3.26. The minimum absolute atomic E-state index is 0.416. The molecule has 0 bridgehead atoms. The molecule has 0 aromatic carbocycles. The van der Waals surface area contributed by atoms with E-state index >= 15 is 0 Å². The van der Waals surface area contributed by atoms with Gasteiger partial charge in [0.05, 0.1) is 6.20 Å². The Morgan fingerprint density at radius 3 is 2.29 bits per heavy atom. The predicted molar refractivity (Wildman–Crippen MR) is 39.6 cm³/mol. The zero-order valence-corrected chi connectivity index (χ0v) is 7.72. The first kappa shape index (κ1) is 11.0. The zero-order chi connectivity index (χ0) is 11.1. The van der Waals surface area contributed by atoms with Gasteiger partial charge in [0.15, 0.2) is 5.03 Å². The molecule has 0 atom stereocenters. The van der Waals surface area contributed by atoms with Crippen LogP contribution in [0.25, 0.3) is 0 Å². The molecule has 0 radical (unpaired) electrons. The summed E-state index contributed by atoms with van der Waals surface area (Å²) in [5.41, 5.74) is -1.36. The van der Waals surface area contributed by atoms with Crippen molar-refractivity contribution < 1.29 is 21.6 Å². The maximum absolute atomic E-state index is 12.2. The van der Waals surface area contributed by atoms with Crippen molar-refractivity contribution in [1.82, 2.24) is 9.78 Å². The van der Waals surface area contributed by atoms with E-state index in [4.69, 9.17) is 0 Å². The Morgan fingerprint density at radius 2 is 2.00 bits per heavy atom. The van der Waals surface area contributed by atoms with E-state index in [0.29, 0.717) is 10.9 Å². The van der Waals surface area contributed by atoms with Crippen LogP contribution in [0.4, 0.5) is 13.2 Å². The second-order valence-corrected chi connectivity index (χ2v) is 4.01. The zero-order valence-electron chi connectivity index (χ0n) is 6.91. The van der Waals surface area contributed by atoms with Crippen molar-refractivity contribution in [2.24, 2.45) is 12.2 Å². The third-order valence-electron chi connectivity index (χ3n) is 1.46. The first-order chi connectivity index (χ1) is 6.14. The van der Waals surface area contributed by atoms with Crippen molar-refractivity contribution in [2.45, 2.75) is 11.2 Å². The van der Waals surface area contributed by atoms with Crippen molar-refractivity contribution in [3.8, 4) is 0 Å². The van der Waals surface area contributed by atoms with E-state index in [-0.39, 0.29) is 0 Å². The Kier molecular flexibility index (Phi) is 2.32. The summed E-state index contributed by atoms with van der Waals surface area (Å²) >= 11 is 0. The van der Waals surface area contributed by atoms with Crippen LogP contribution in [0.2, 0.25) is 0 Å². The summed E-state index contributed by atoms with van der Waals surface area (Å²) in [4.78, 5) is 0. The summed E-state index contributed by atoms with van der Waals surface area (Å²) in [6.07, 6.45) is -4.37. The highest BCUT2D eigenvalue weighted by molar-refractivity contribution is 7.89. The lowest BCUT2D eigenvalue weighted by molar-refractivity contribution is -0.140. The normalized spacial score (nSPS) is 13.2. The summed E-state index contributed by atoms with van der Waals surface area (Å²) in [5, 5.41) is 6.76. The molecule has 0 amide bonds. The number of aryl methyl sites for hydroxylation is 1. The number of nitrogens with two attached hydrogens (primary N) is 1. The SMILES string of the molecule is Cn1ncc(C(F)(F)F)c1S(N)(=O)=O. The number of hydrogen-bond acceptors (Lipinski definition) is 3. The van der Waals surface area contributed by atoms with Crippen molar-refractivity contribution in [3.05, 3.63) is 11.8 Å². The van der Waals surface area contributed by atoms with Gasteiger partial charge in [-0.3, -0.25) is 4.68 Å². The standard InChI is InChI=1S/C5H6F3N3O2S/c1-11-4(14(9,12)13)3(2-10-11)5(6,7)8/h2H,1H3,(H2,9,12,13). The third kappa shape index (κ3) is 1.87. The average Bonchev–Trinajstić information content (AvgIpc) is 2.27. The van der Waals surface area contributed by atoms with Crippen molar-refractivity contribution in [2.75, 3.05) is 0 Å². The lowest BCUT2D eigenvalue weighted by atomic mass is 10.3. The van der Waals surface area contributed by atoms with Crippen LogP contribution < -0.4 is 5.14 Å². The van der Waals surface area contributed by atoms with Crippen LogP contribution in [0.5, 0.6) is 0 Å². The Hall–Kier alpha value is -1.09. The van der Waals surface area contributed by atoms with Gasteiger partial charge in [0.25, 0.3) is 10.0 Å². The molecular formula is C5H6F3N3O2S. The number of nitrogens with zero attached hydrogens (tertiary/aromatic N) is 2. The quantitative estimate of drug-likeness (QED) is 0.741. The molecule has 2 N–H and O–H groups in total. The van der Waals surface area contributed by atoms with Crippen molar-refractivity contribution in [3.63, 3.8) is 0 Å². The minimum atomic E-state index is -4.78. The molecule has 0 spiro atoms. The molecule has 0 fully saturated rings. The van der Waals surface area contributed by atoms with E-state index in [1.807, 2.05) is 0 Å². The fourth-order valence-electron chi connectivity index (χ4n) is 0.958. The van der Waals surface area contributed by atoms with Crippen LogP contribution in [0.1, 0.15) is 5.56 Å². The summed E-state index contributed by atoms with van der Waals surface area (Å²) in [6, 6.07) is 0. The van der Waals surface area contributed by atoms with Crippen LogP contribution in [-0.4, -0.2) is 18.2 Å². The number of halogens is 3. The van der Waals surface area contributed by atoms with E-state index in [9.17, 15) is 21.6 Å². The molecule has 1 aromatic heterocycles. The lowest BCUT2D eigenvalue weighted by Gasteiger charge is -2.06. The highest BCUT2D eigenvalue weighted by Crippen LogP contribution is 2.33. The molecule has 1 heterocycles. The van der Waals surface area contributed by atoms with Crippen LogP contribution in [-0.2, 0) is 23.2 Å². The first-order valence-corrected chi connectivity index (χ1v) is 4.80. The number of rotatable bonds is 1. The maximum atomic E-state index is 12.2. The van der Waals surface area contributed by atoms with Crippen molar-refractivity contribution in [1.29, 1.82) is 0 Å². The maximum Gasteiger partial charge on any atom is 0.420 e. The van der Waals surface area contributed by atoms with Gasteiger partial charge in [-0.25, -0.2) is 13.6 Å². The molecular weight excluding hydrogens is 223 g/mol. The van der Waals surface area contributed by atoms with Gasteiger partial charge < -0.3 is 0 Å². The number of sulfonamides is 1. The van der Waals surface area contributed by atoms with Gasteiger partial charge in [0, 0.05) is 7.05 Å². The van der Waals surface area contributed by atoms with Crippen molar-refractivity contribution >= 4 is 10.0 Å². The van der Waals surface area contributed by atoms with E-state index in [2.05, 4.69) is 10.2 Å². The van der Waals surface area contributed by atoms with Crippen LogP contribution in [0, 0.1) is 0 Å². The van der Waals surface area contributed by atoms with Gasteiger partial charge in [-0.1, -0.05) is 0 Å². The van der Waals surface area contributed by atoms with Gasteiger partial charge >= 0.3 is 6.18 Å². The van der Waals surface area contributed by atoms with Gasteiger partial charge in [-0.05, 0) is 0 Å². The van der Waals surface area contributed by atoms with E-state index in [1.165, 1.54) is 0 Å². The molecule has 5 nitrogen and oxygen atoms in total. The number of aromatic nitrogens is 2. The topological polar surface area (TPSA) is 78.0 Å². The Labute approximate surface area is 77.4 Å². The summed E-state index contributed by atoms with van der Waals surface area (Å²) in [5.74, 6) is 0. The second-order valence-electron chi connectivity index (χ2n) is 2.53. The smallest absolute Gasteiger partial charge is 0.256 e. The highest BCUT2D eigenvalue weighted by Gasteiger charge is 2.39. The number of primary sulfonamides is 1. The minimum Gasteiger partial charge on any atom is -0.256 e. The molecule has 1 rings (SSSR count). The van der Waals surface area contributed by atoms with Gasteiger partial charge in [-0.2, -0.15) is 18.3 Å². The van der Waals surface area contributed by atoms with Crippen LogP contribution >= 0.6 is 0 Å². The monoisotopic (exact) mass is 229 g/mol. The molecule has 0 aliphatic carbocycles. The Balaban J connectivity index is 3.51. The van der Waals surface area contributed by atoms with Crippen LogP contribution in [0.15, 0.2) is 11.2 Å². The second kappa shape index (κ2) is 2.95. The Bertz CT molecular complexity index is 447. The molecule has 0 saturated heterocycles. The third-order valence-corrected chi connectivity index (χ3v) is 2.48. The Morgan fingerprint density at radius 1 is 1.50 bits per heavy atom. The van der Waals surface area contributed by atoms with Gasteiger partial charge in [0.2, 0.25) is 0 Å². The number of alkyl halides is 3. The number of hydrogen-bond donors (Lipinski definition) is 1. The fourth-order valence-corrected chi connectivity index (χ4v) is 1.85. The summed E-state index contributed by atoms with van der Waals surface area (Å²) < 4.78 is 58.8. The van der Waals surface area contributed by atoms with E-state index in [0.717, 1.165) is 7.05 Å². The van der Waals surface area contributed by atoms with E-state index in [1.54, 1.807) is 0 Å². The molecule has 80 valence electrons. The summed E-state index contributed by atoms with van der Waals surface area (Å²) in [6.45, 7) is 0. The molecule has 0 aliphatic rings. The summed E-state index contributed by atoms with van der Waals surface area (Å²) in [7, 11) is -3.36. The van der Waals surface area contributed by atoms with Crippen LogP contribution in [0.3, 0.4) is 0 Å². The average molecular weight is 229 g/mol. The molecule has 0 unspecified atom stereocenters. The molecule has 0 saturated carbocycles. The fraction of sp³-hybridized carbons (Fsp3) is 0.400. The lowest BCUT2D eigenvalue weighted by Crippen LogP contribution is -2.20. The molecule has 1 aromatic rings. The molecule has 0 aliphatic heterocycles. The van der Waals surface area contributed by atoms with E-state index < -0.39 is 26.8 Å². The molecule has 14 heavy (non-hydrogen) atoms. The largest absolute Gasteiger partial charge is 0.420 e. The van der Waals surface area contributed by atoms with Gasteiger partial charge in [-0.15, -0.1) is 0 Å². The highest BCUT2D eigenvalue weighted by atomic mass is 32.2. The van der Waals surface area contributed by atoms with Gasteiger partial charge in [0.1, 0.15) is 5.56 Å². The predicted octanol–water partition coefficient (Wildman–Crippen LogP) is 0.0863.